The van der Waals surface area contributed by atoms with E-state index in [1.165, 1.54) is 30.1 Å². The minimum absolute atomic E-state index is 0.278. The van der Waals surface area contributed by atoms with E-state index >= 15 is 0 Å². The van der Waals surface area contributed by atoms with Crippen LogP contribution in [0.25, 0.3) is 0 Å². The molecule has 2 nitrogen and oxygen atoms in total. The third kappa shape index (κ3) is 2.67. The Labute approximate surface area is 95.5 Å². The van der Waals surface area contributed by atoms with E-state index in [0.717, 1.165) is 4.90 Å². The van der Waals surface area contributed by atoms with Crippen molar-refractivity contribution in [1.29, 1.82) is 0 Å². The maximum Gasteiger partial charge on any atom is 0.161 e. The standard InChI is InChI=1S/C10H6ClFN2S/c11-9-10(14-5-4-13-9)15-8-3-1-2-7(12)6-8/h1-6H. The van der Waals surface area contributed by atoms with E-state index in [9.17, 15) is 4.39 Å². The van der Waals surface area contributed by atoms with E-state index in [0.29, 0.717) is 10.2 Å². The lowest BCUT2D eigenvalue weighted by atomic mass is 10.4. The SMILES string of the molecule is Fc1cccc(Sc2nccnc2Cl)c1. The first-order chi connectivity index (χ1) is 7.25. The Balaban J connectivity index is 2.26. The van der Waals surface area contributed by atoms with Gasteiger partial charge in [0.25, 0.3) is 0 Å². The fourth-order valence-corrected chi connectivity index (χ4v) is 2.03. The number of benzene rings is 1. The van der Waals surface area contributed by atoms with Gasteiger partial charge in [-0.15, -0.1) is 0 Å². The molecule has 15 heavy (non-hydrogen) atoms. The molecule has 0 unspecified atom stereocenters. The number of aromatic nitrogens is 2. The molecule has 2 rings (SSSR count). The minimum Gasteiger partial charge on any atom is -0.245 e. The van der Waals surface area contributed by atoms with Crippen LogP contribution in [-0.4, -0.2) is 9.97 Å². The van der Waals surface area contributed by atoms with Crippen LogP contribution in [0.15, 0.2) is 46.6 Å². The second-order valence-electron chi connectivity index (χ2n) is 2.71. The van der Waals surface area contributed by atoms with E-state index in [4.69, 9.17) is 11.6 Å². The van der Waals surface area contributed by atoms with Gasteiger partial charge in [-0.1, -0.05) is 29.4 Å². The minimum atomic E-state index is -0.278. The maximum absolute atomic E-state index is 12.9. The van der Waals surface area contributed by atoms with E-state index in [2.05, 4.69) is 9.97 Å². The molecule has 76 valence electrons. The summed E-state index contributed by atoms with van der Waals surface area (Å²) >= 11 is 7.11. The molecule has 0 fully saturated rings. The van der Waals surface area contributed by atoms with Crippen LogP contribution in [0.5, 0.6) is 0 Å². The molecule has 0 saturated heterocycles. The van der Waals surface area contributed by atoms with Crippen molar-refractivity contribution in [2.75, 3.05) is 0 Å². The average molecular weight is 241 g/mol. The molecule has 0 amide bonds. The van der Waals surface area contributed by atoms with Gasteiger partial charge in [-0.05, 0) is 18.2 Å². The molecular weight excluding hydrogens is 235 g/mol. The third-order valence-corrected chi connectivity index (χ3v) is 3.00. The van der Waals surface area contributed by atoms with Crippen LogP contribution in [-0.2, 0) is 0 Å². The van der Waals surface area contributed by atoms with Crippen molar-refractivity contribution in [3.8, 4) is 0 Å². The molecule has 0 bridgehead atoms. The molecule has 0 atom stereocenters. The zero-order valence-electron chi connectivity index (χ0n) is 7.52. The molecule has 0 N–H and O–H groups in total. The van der Waals surface area contributed by atoms with Crippen molar-refractivity contribution in [3.63, 3.8) is 0 Å². The molecule has 0 aliphatic heterocycles. The van der Waals surface area contributed by atoms with Crippen LogP contribution in [0.2, 0.25) is 5.15 Å². The second kappa shape index (κ2) is 4.59. The zero-order valence-corrected chi connectivity index (χ0v) is 9.10. The van der Waals surface area contributed by atoms with Crippen molar-refractivity contribution in [2.24, 2.45) is 0 Å². The van der Waals surface area contributed by atoms with Gasteiger partial charge in [-0.3, -0.25) is 0 Å². The van der Waals surface area contributed by atoms with E-state index < -0.39 is 0 Å². The summed E-state index contributed by atoms with van der Waals surface area (Å²) in [6.45, 7) is 0. The summed E-state index contributed by atoms with van der Waals surface area (Å²) in [5, 5.41) is 0.900. The summed E-state index contributed by atoms with van der Waals surface area (Å²) in [5.41, 5.74) is 0. The van der Waals surface area contributed by atoms with Gasteiger partial charge in [-0.2, -0.15) is 0 Å². The molecule has 1 aromatic carbocycles. The van der Waals surface area contributed by atoms with E-state index in [-0.39, 0.29) is 5.82 Å². The third-order valence-electron chi connectivity index (χ3n) is 1.63. The molecule has 0 saturated carbocycles. The fraction of sp³-hybridized carbons (Fsp3) is 0. The van der Waals surface area contributed by atoms with Gasteiger partial charge in [-0.25, -0.2) is 14.4 Å². The van der Waals surface area contributed by atoms with Gasteiger partial charge >= 0.3 is 0 Å². The molecule has 0 radical (unpaired) electrons. The van der Waals surface area contributed by atoms with Crippen LogP contribution in [0, 0.1) is 5.82 Å². The Kier molecular flexibility index (Phi) is 3.18. The monoisotopic (exact) mass is 240 g/mol. The number of halogens is 2. The summed E-state index contributed by atoms with van der Waals surface area (Å²) in [6, 6.07) is 6.25. The zero-order chi connectivity index (χ0) is 10.7. The molecule has 1 aromatic heterocycles. The second-order valence-corrected chi connectivity index (χ2v) is 4.13. The van der Waals surface area contributed by atoms with Gasteiger partial charge in [0, 0.05) is 17.3 Å². The summed E-state index contributed by atoms with van der Waals surface area (Å²) in [7, 11) is 0. The molecule has 5 heteroatoms. The van der Waals surface area contributed by atoms with Gasteiger partial charge < -0.3 is 0 Å². The van der Waals surface area contributed by atoms with Gasteiger partial charge in [0.05, 0.1) is 0 Å². The van der Waals surface area contributed by atoms with Crippen LogP contribution in [0.3, 0.4) is 0 Å². The molecule has 1 heterocycles. The maximum atomic E-state index is 12.9. The molecule has 0 aliphatic carbocycles. The van der Waals surface area contributed by atoms with E-state index in [1.807, 2.05) is 0 Å². The Morgan fingerprint density at radius 1 is 1.20 bits per heavy atom. The number of nitrogens with zero attached hydrogens (tertiary/aromatic N) is 2. The summed E-state index contributed by atoms with van der Waals surface area (Å²) in [6.07, 6.45) is 3.06. The summed E-state index contributed by atoms with van der Waals surface area (Å²) < 4.78 is 12.9. The lowest BCUT2D eigenvalue weighted by molar-refractivity contribution is 0.624. The number of rotatable bonds is 2. The van der Waals surface area contributed by atoms with Crippen LogP contribution in [0.1, 0.15) is 0 Å². The Morgan fingerprint density at radius 2 is 2.00 bits per heavy atom. The van der Waals surface area contributed by atoms with Crippen LogP contribution >= 0.6 is 23.4 Å². The smallest absolute Gasteiger partial charge is 0.161 e. The predicted molar refractivity (Wildman–Crippen MR) is 57.6 cm³/mol. The highest BCUT2D eigenvalue weighted by molar-refractivity contribution is 7.99. The lowest BCUT2D eigenvalue weighted by Gasteiger charge is -2.01. The van der Waals surface area contributed by atoms with E-state index in [1.54, 1.807) is 18.3 Å². The van der Waals surface area contributed by atoms with Crippen molar-refractivity contribution in [1.82, 2.24) is 9.97 Å². The summed E-state index contributed by atoms with van der Waals surface area (Å²) in [4.78, 5) is 8.68. The van der Waals surface area contributed by atoms with Gasteiger partial charge in [0.2, 0.25) is 0 Å². The van der Waals surface area contributed by atoms with Gasteiger partial charge in [0.15, 0.2) is 5.15 Å². The first-order valence-electron chi connectivity index (χ1n) is 4.15. The fourth-order valence-electron chi connectivity index (χ4n) is 1.02. The molecule has 2 aromatic rings. The highest BCUT2D eigenvalue weighted by Gasteiger charge is 2.04. The predicted octanol–water partition coefficient (Wildman–Crippen LogP) is 3.42. The highest BCUT2D eigenvalue weighted by Crippen LogP contribution is 2.29. The van der Waals surface area contributed by atoms with Crippen molar-refractivity contribution in [3.05, 3.63) is 47.6 Å². The molecule has 0 aliphatic rings. The number of hydrogen-bond acceptors (Lipinski definition) is 3. The highest BCUT2D eigenvalue weighted by atomic mass is 35.5. The normalized spacial score (nSPS) is 10.3. The first-order valence-corrected chi connectivity index (χ1v) is 5.35. The molecular formula is C10H6ClFN2S. The number of hydrogen-bond donors (Lipinski definition) is 0. The van der Waals surface area contributed by atoms with Crippen molar-refractivity contribution in [2.45, 2.75) is 9.92 Å². The van der Waals surface area contributed by atoms with Gasteiger partial charge in [0.1, 0.15) is 10.8 Å². The first kappa shape index (κ1) is 10.4. The van der Waals surface area contributed by atoms with Crippen LogP contribution < -0.4 is 0 Å². The lowest BCUT2D eigenvalue weighted by Crippen LogP contribution is -1.84. The Bertz CT molecular complexity index is 478. The molecule has 0 spiro atoms. The van der Waals surface area contributed by atoms with Crippen LogP contribution in [0.4, 0.5) is 4.39 Å². The topological polar surface area (TPSA) is 25.8 Å². The van der Waals surface area contributed by atoms with Crippen molar-refractivity contribution >= 4 is 23.4 Å². The summed E-state index contributed by atoms with van der Waals surface area (Å²) in [5.74, 6) is -0.278. The van der Waals surface area contributed by atoms with Crippen molar-refractivity contribution < 1.29 is 4.39 Å². The Morgan fingerprint density at radius 3 is 2.73 bits per heavy atom. The average Bonchev–Trinajstić information content (AvgIpc) is 2.22. The largest absolute Gasteiger partial charge is 0.245 e. The quantitative estimate of drug-likeness (QED) is 0.805. The Hall–Kier alpha value is -1.13.